The quantitative estimate of drug-likeness (QED) is 0.377. The standard InChI is InChI=1S/C23H22BrN5O/c1-16-5-7-17(8-6-16)21-28-20-4-2-13-25-22(20)29(21)15-3-14-26-23(30)27-19-11-9-18(24)10-12-19/h2,4-13H,3,14-15H2,1H3,(H2,26,27,30). The van der Waals surface area contributed by atoms with E-state index in [2.05, 4.69) is 67.3 Å². The molecule has 0 bridgehead atoms. The van der Waals surface area contributed by atoms with E-state index < -0.39 is 0 Å². The van der Waals surface area contributed by atoms with Crippen molar-refractivity contribution in [1.82, 2.24) is 19.9 Å². The van der Waals surface area contributed by atoms with E-state index in [1.165, 1.54) is 5.56 Å². The van der Waals surface area contributed by atoms with E-state index in [9.17, 15) is 4.79 Å². The lowest BCUT2D eigenvalue weighted by molar-refractivity contribution is 0.252. The van der Waals surface area contributed by atoms with Gasteiger partial charge in [0, 0.05) is 35.0 Å². The maximum atomic E-state index is 12.1. The zero-order valence-corrected chi connectivity index (χ0v) is 18.2. The van der Waals surface area contributed by atoms with Gasteiger partial charge in [-0.1, -0.05) is 45.8 Å². The first-order chi connectivity index (χ1) is 14.6. The van der Waals surface area contributed by atoms with E-state index >= 15 is 0 Å². The Labute approximate surface area is 183 Å². The number of rotatable bonds is 6. The maximum Gasteiger partial charge on any atom is 0.319 e. The van der Waals surface area contributed by atoms with Gasteiger partial charge in [0.05, 0.1) is 0 Å². The number of nitrogens with zero attached hydrogens (tertiary/aromatic N) is 3. The summed E-state index contributed by atoms with van der Waals surface area (Å²) in [6.07, 6.45) is 2.54. The molecule has 152 valence electrons. The average Bonchev–Trinajstić information content (AvgIpc) is 3.12. The molecule has 0 aliphatic heterocycles. The van der Waals surface area contributed by atoms with Crippen LogP contribution in [0.5, 0.6) is 0 Å². The Morgan fingerprint density at radius 2 is 1.83 bits per heavy atom. The number of nitrogens with one attached hydrogen (secondary N) is 2. The van der Waals surface area contributed by atoms with Gasteiger partial charge in [-0.15, -0.1) is 0 Å². The normalized spacial score (nSPS) is 10.9. The second-order valence-corrected chi connectivity index (χ2v) is 7.96. The molecule has 2 amide bonds. The summed E-state index contributed by atoms with van der Waals surface area (Å²) in [6.45, 7) is 3.32. The van der Waals surface area contributed by atoms with Crippen LogP contribution >= 0.6 is 15.9 Å². The molecule has 7 heteroatoms. The highest BCUT2D eigenvalue weighted by atomic mass is 79.9. The smallest absolute Gasteiger partial charge is 0.319 e. The molecule has 0 spiro atoms. The van der Waals surface area contributed by atoms with Gasteiger partial charge in [-0.25, -0.2) is 14.8 Å². The van der Waals surface area contributed by atoms with Crippen molar-refractivity contribution >= 4 is 38.8 Å². The largest absolute Gasteiger partial charge is 0.338 e. The summed E-state index contributed by atoms with van der Waals surface area (Å²) >= 11 is 3.38. The SMILES string of the molecule is Cc1ccc(-c2nc3cccnc3n2CCCNC(=O)Nc2ccc(Br)cc2)cc1. The van der Waals surface area contributed by atoms with E-state index in [-0.39, 0.29) is 6.03 Å². The minimum Gasteiger partial charge on any atom is -0.338 e. The highest BCUT2D eigenvalue weighted by Gasteiger charge is 2.13. The number of fused-ring (bicyclic) bond motifs is 1. The van der Waals surface area contributed by atoms with Crippen molar-refractivity contribution < 1.29 is 4.79 Å². The van der Waals surface area contributed by atoms with Crippen molar-refractivity contribution in [2.45, 2.75) is 19.9 Å². The number of amides is 2. The lowest BCUT2D eigenvalue weighted by Gasteiger charge is -2.11. The molecule has 2 N–H and O–H groups in total. The molecule has 4 rings (SSSR count). The zero-order chi connectivity index (χ0) is 20.9. The molecule has 6 nitrogen and oxygen atoms in total. The molecule has 0 fully saturated rings. The van der Waals surface area contributed by atoms with Crippen LogP contribution in [0.25, 0.3) is 22.6 Å². The number of aryl methyl sites for hydroxylation is 2. The van der Waals surface area contributed by atoms with Crippen molar-refractivity contribution in [3.8, 4) is 11.4 Å². The number of carbonyl (C=O) groups is 1. The number of carbonyl (C=O) groups excluding carboxylic acids is 1. The Hall–Kier alpha value is -3.19. The molecule has 2 heterocycles. The number of urea groups is 1. The first-order valence-corrected chi connectivity index (χ1v) is 10.6. The highest BCUT2D eigenvalue weighted by Crippen LogP contribution is 2.24. The van der Waals surface area contributed by atoms with Gasteiger partial charge in [0.15, 0.2) is 5.65 Å². The first-order valence-electron chi connectivity index (χ1n) is 9.79. The fourth-order valence-electron chi connectivity index (χ4n) is 3.24. The Kier molecular flexibility index (Phi) is 6.09. The molecule has 0 saturated carbocycles. The number of aromatic nitrogens is 3. The fourth-order valence-corrected chi connectivity index (χ4v) is 3.51. The van der Waals surface area contributed by atoms with Gasteiger partial charge in [0.1, 0.15) is 11.3 Å². The zero-order valence-electron chi connectivity index (χ0n) is 16.6. The number of imidazole rings is 1. The van der Waals surface area contributed by atoms with Crippen LogP contribution in [-0.4, -0.2) is 27.1 Å². The third kappa shape index (κ3) is 4.68. The first kappa shape index (κ1) is 20.1. The molecule has 30 heavy (non-hydrogen) atoms. The number of pyridine rings is 1. The Morgan fingerprint density at radius 1 is 1.07 bits per heavy atom. The van der Waals surface area contributed by atoms with Crippen LogP contribution in [0.15, 0.2) is 71.3 Å². The summed E-state index contributed by atoms with van der Waals surface area (Å²) in [5.41, 5.74) is 4.74. The summed E-state index contributed by atoms with van der Waals surface area (Å²) in [6, 6.07) is 19.5. The average molecular weight is 464 g/mol. The number of halogens is 1. The molecular weight excluding hydrogens is 442 g/mol. The monoisotopic (exact) mass is 463 g/mol. The highest BCUT2D eigenvalue weighted by molar-refractivity contribution is 9.10. The van der Waals surface area contributed by atoms with Crippen LogP contribution in [0.3, 0.4) is 0 Å². The molecule has 2 aromatic carbocycles. The van der Waals surface area contributed by atoms with Crippen LogP contribution in [0, 0.1) is 6.92 Å². The van der Waals surface area contributed by atoms with Gasteiger partial charge in [0.2, 0.25) is 0 Å². The Bertz CT molecular complexity index is 1150. The van der Waals surface area contributed by atoms with Gasteiger partial charge in [-0.2, -0.15) is 0 Å². The van der Waals surface area contributed by atoms with Crippen LogP contribution in [-0.2, 0) is 6.54 Å². The number of hydrogen-bond acceptors (Lipinski definition) is 3. The van der Waals surface area contributed by atoms with Crippen molar-refractivity contribution in [3.63, 3.8) is 0 Å². The van der Waals surface area contributed by atoms with Gasteiger partial charge >= 0.3 is 6.03 Å². The molecule has 0 aliphatic carbocycles. The molecule has 0 unspecified atom stereocenters. The second kappa shape index (κ2) is 9.09. The van der Waals surface area contributed by atoms with E-state index in [0.717, 1.165) is 39.1 Å². The second-order valence-electron chi connectivity index (χ2n) is 7.04. The number of benzene rings is 2. The van der Waals surface area contributed by atoms with Gasteiger partial charge in [-0.3, -0.25) is 0 Å². The number of anilines is 1. The summed E-state index contributed by atoms with van der Waals surface area (Å²) in [4.78, 5) is 21.4. The van der Waals surface area contributed by atoms with Crippen LogP contribution in [0.2, 0.25) is 0 Å². The Morgan fingerprint density at radius 3 is 2.60 bits per heavy atom. The fraction of sp³-hybridized carbons (Fsp3) is 0.174. The van der Waals surface area contributed by atoms with Crippen LogP contribution in [0.4, 0.5) is 10.5 Å². The molecule has 0 aliphatic rings. The van der Waals surface area contributed by atoms with E-state index in [1.54, 1.807) is 6.20 Å². The van der Waals surface area contributed by atoms with Crippen molar-refractivity contribution in [2.24, 2.45) is 0 Å². The minimum absolute atomic E-state index is 0.218. The lowest BCUT2D eigenvalue weighted by atomic mass is 10.1. The third-order valence-corrected chi connectivity index (χ3v) is 5.29. The van der Waals surface area contributed by atoms with E-state index in [1.807, 2.05) is 36.4 Å². The maximum absolute atomic E-state index is 12.1. The van der Waals surface area contributed by atoms with Gasteiger partial charge < -0.3 is 15.2 Å². The van der Waals surface area contributed by atoms with Gasteiger partial charge in [0.25, 0.3) is 0 Å². The van der Waals surface area contributed by atoms with Crippen LogP contribution < -0.4 is 10.6 Å². The van der Waals surface area contributed by atoms with Crippen molar-refractivity contribution in [2.75, 3.05) is 11.9 Å². The summed E-state index contributed by atoms with van der Waals surface area (Å²) < 4.78 is 3.09. The van der Waals surface area contributed by atoms with Crippen molar-refractivity contribution in [3.05, 3.63) is 76.9 Å². The van der Waals surface area contributed by atoms with Crippen molar-refractivity contribution in [1.29, 1.82) is 0 Å². The summed E-state index contributed by atoms with van der Waals surface area (Å²) in [5.74, 6) is 0.892. The lowest BCUT2D eigenvalue weighted by Crippen LogP contribution is -2.30. The van der Waals surface area contributed by atoms with E-state index in [4.69, 9.17) is 4.98 Å². The molecule has 0 saturated heterocycles. The third-order valence-electron chi connectivity index (χ3n) is 4.76. The summed E-state index contributed by atoms with van der Waals surface area (Å²) in [5, 5.41) is 5.74. The molecule has 0 radical (unpaired) electrons. The molecule has 2 aromatic heterocycles. The van der Waals surface area contributed by atoms with E-state index in [0.29, 0.717) is 13.1 Å². The Balaban J connectivity index is 1.42. The molecule has 0 atom stereocenters. The van der Waals surface area contributed by atoms with Gasteiger partial charge in [-0.05, 0) is 49.7 Å². The number of hydrogen-bond donors (Lipinski definition) is 2. The summed E-state index contributed by atoms with van der Waals surface area (Å²) in [7, 11) is 0. The molecular formula is C23H22BrN5O. The molecule has 4 aromatic rings. The predicted molar refractivity (Wildman–Crippen MR) is 123 cm³/mol. The predicted octanol–water partition coefficient (Wildman–Crippen LogP) is 5.38. The van der Waals surface area contributed by atoms with Crippen LogP contribution in [0.1, 0.15) is 12.0 Å². The minimum atomic E-state index is -0.218. The topological polar surface area (TPSA) is 71.8 Å².